The molecule has 1 fully saturated rings. The van der Waals surface area contributed by atoms with E-state index < -0.39 is 6.29 Å². The van der Waals surface area contributed by atoms with Crippen molar-refractivity contribution in [3.8, 4) is 0 Å². The second kappa shape index (κ2) is 3.87. The third-order valence-electron chi connectivity index (χ3n) is 2.05. The number of rotatable bonds is 1. The first kappa shape index (κ1) is 9.48. The van der Waals surface area contributed by atoms with Crippen LogP contribution < -0.4 is 5.32 Å². The number of hydrogen-bond acceptors (Lipinski definition) is 3. The van der Waals surface area contributed by atoms with Crippen LogP contribution in [0.5, 0.6) is 0 Å². The van der Waals surface area contributed by atoms with E-state index in [1.165, 1.54) is 6.92 Å². The number of carbonyl (C=O) groups is 1. The smallest absolute Gasteiger partial charge is 0.217 e. The average Bonchev–Trinajstić information content (AvgIpc) is 1.94. The fourth-order valence-corrected chi connectivity index (χ4v) is 1.42. The first-order valence-electron chi connectivity index (χ1n) is 4.20. The van der Waals surface area contributed by atoms with Gasteiger partial charge in [-0.15, -0.1) is 0 Å². The predicted octanol–water partition coefficient (Wildman–Crippen LogP) is 0.00840. The summed E-state index contributed by atoms with van der Waals surface area (Å²) in [6, 6.07) is 0.0471. The van der Waals surface area contributed by atoms with E-state index in [0.29, 0.717) is 6.42 Å². The van der Waals surface area contributed by atoms with Crippen LogP contribution in [0.4, 0.5) is 0 Å². The highest BCUT2D eigenvalue weighted by Crippen LogP contribution is 2.17. The van der Waals surface area contributed by atoms with Crippen molar-refractivity contribution in [3.05, 3.63) is 0 Å². The van der Waals surface area contributed by atoms with Crippen LogP contribution in [0.15, 0.2) is 0 Å². The summed E-state index contributed by atoms with van der Waals surface area (Å²) in [5, 5.41) is 11.9. The number of hydrogen-bond donors (Lipinski definition) is 2. The van der Waals surface area contributed by atoms with E-state index in [1.54, 1.807) is 0 Å². The molecule has 4 nitrogen and oxygen atoms in total. The average molecular weight is 173 g/mol. The lowest BCUT2D eigenvalue weighted by molar-refractivity contribution is -0.168. The van der Waals surface area contributed by atoms with Gasteiger partial charge in [-0.3, -0.25) is 4.79 Å². The van der Waals surface area contributed by atoms with Crippen molar-refractivity contribution < 1.29 is 14.6 Å². The molecule has 1 rings (SSSR count). The van der Waals surface area contributed by atoms with Gasteiger partial charge in [0.1, 0.15) is 0 Å². The maximum atomic E-state index is 10.7. The Labute approximate surface area is 71.9 Å². The molecular formula is C8H15NO3. The van der Waals surface area contributed by atoms with E-state index in [1.807, 2.05) is 6.92 Å². The molecule has 1 aliphatic heterocycles. The second-order valence-corrected chi connectivity index (χ2v) is 3.18. The van der Waals surface area contributed by atoms with Crippen molar-refractivity contribution in [2.75, 3.05) is 0 Å². The second-order valence-electron chi connectivity index (χ2n) is 3.18. The SMILES string of the molecule is CC(=O)N[C@H]1CCC(O)O[C@@H]1C. The predicted molar refractivity (Wildman–Crippen MR) is 43.4 cm³/mol. The zero-order chi connectivity index (χ0) is 9.14. The van der Waals surface area contributed by atoms with Gasteiger partial charge in [0.2, 0.25) is 5.91 Å². The van der Waals surface area contributed by atoms with Crippen LogP contribution in [0.1, 0.15) is 26.7 Å². The van der Waals surface area contributed by atoms with Crippen LogP contribution in [0, 0.1) is 0 Å². The highest BCUT2D eigenvalue weighted by Gasteiger charge is 2.27. The largest absolute Gasteiger partial charge is 0.368 e. The van der Waals surface area contributed by atoms with E-state index >= 15 is 0 Å². The zero-order valence-electron chi connectivity index (χ0n) is 7.41. The summed E-state index contributed by atoms with van der Waals surface area (Å²) in [6.45, 7) is 3.33. The van der Waals surface area contributed by atoms with Crippen molar-refractivity contribution in [2.24, 2.45) is 0 Å². The van der Waals surface area contributed by atoms with Crippen LogP contribution in [-0.2, 0) is 9.53 Å². The zero-order valence-corrected chi connectivity index (χ0v) is 7.41. The van der Waals surface area contributed by atoms with E-state index in [4.69, 9.17) is 9.84 Å². The number of carbonyl (C=O) groups excluding carboxylic acids is 1. The molecule has 4 heteroatoms. The van der Waals surface area contributed by atoms with Crippen LogP contribution in [-0.4, -0.2) is 29.4 Å². The summed E-state index contributed by atoms with van der Waals surface area (Å²) < 4.78 is 5.14. The lowest BCUT2D eigenvalue weighted by Gasteiger charge is -2.32. The van der Waals surface area contributed by atoms with Gasteiger partial charge < -0.3 is 15.2 Å². The van der Waals surface area contributed by atoms with Crippen LogP contribution in [0.3, 0.4) is 0 Å². The third kappa shape index (κ3) is 2.46. The van der Waals surface area contributed by atoms with Crippen LogP contribution >= 0.6 is 0 Å². The molecule has 70 valence electrons. The van der Waals surface area contributed by atoms with Crippen molar-refractivity contribution >= 4 is 5.91 Å². The van der Waals surface area contributed by atoms with Gasteiger partial charge in [-0.2, -0.15) is 0 Å². The third-order valence-corrected chi connectivity index (χ3v) is 2.05. The van der Waals surface area contributed by atoms with Gasteiger partial charge in [0.15, 0.2) is 6.29 Å². The molecule has 1 saturated heterocycles. The Morgan fingerprint density at radius 3 is 2.75 bits per heavy atom. The molecule has 0 saturated carbocycles. The molecule has 2 N–H and O–H groups in total. The summed E-state index contributed by atoms with van der Waals surface area (Å²) in [4.78, 5) is 10.7. The molecule has 1 heterocycles. The molecule has 0 spiro atoms. The van der Waals surface area contributed by atoms with Gasteiger partial charge in [0, 0.05) is 13.3 Å². The van der Waals surface area contributed by atoms with Gasteiger partial charge in [-0.1, -0.05) is 0 Å². The van der Waals surface area contributed by atoms with Gasteiger partial charge in [0.25, 0.3) is 0 Å². The Morgan fingerprint density at radius 2 is 2.25 bits per heavy atom. The summed E-state index contributed by atoms with van der Waals surface area (Å²) >= 11 is 0. The Morgan fingerprint density at radius 1 is 1.58 bits per heavy atom. The topological polar surface area (TPSA) is 58.6 Å². The number of aliphatic hydroxyl groups excluding tert-OH is 1. The molecule has 1 aliphatic rings. The first-order chi connectivity index (χ1) is 5.59. The number of aliphatic hydroxyl groups is 1. The molecule has 0 aliphatic carbocycles. The minimum Gasteiger partial charge on any atom is -0.368 e. The Balaban J connectivity index is 2.39. The van der Waals surface area contributed by atoms with Gasteiger partial charge in [-0.05, 0) is 13.3 Å². The lowest BCUT2D eigenvalue weighted by Crippen LogP contribution is -2.47. The van der Waals surface area contributed by atoms with Crippen molar-refractivity contribution in [2.45, 2.75) is 45.1 Å². The van der Waals surface area contributed by atoms with Gasteiger partial charge in [0.05, 0.1) is 12.1 Å². The highest BCUT2D eigenvalue weighted by molar-refractivity contribution is 5.73. The molecular weight excluding hydrogens is 158 g/mol. The molecule has 1 amide bonds. The maximum absolute atomic E-state index is 10.7. The minimum absolute atomic E-state index is 0.0471. The van der Waals surface area contributed by atoms with Gasteiger partial charge in [-0.25, -0.2) is 0 Å². The molecule has 0 aromatic heterocycles. The van der Waals surface area contributed by atoms with E-state index in [2.05, 4.69) is 5.32 Å². The number of nitrogens with one attached hydrogen (secondary N) is 1. The van der Waals surface area contributed by atoms with Crippen molar-refractivity contribution in [1.82, 2.24) is 5.32 Å². The number of ether oxygens (including phenoxy) is 1. The Hall–Kier alpha value is -0.610. The quantitative estimate of drug-likeness (QED) is 0.587. The van der Waals surface area contributed by atoms with E-state index in [0.717, 1.165) is 6.42 Å². The van der Waals surface area contributed by atoms with Crippen LogP contribution in [0.25, 0.3) is 0 Å². The summed E-state index contributed by atoms with van der Waals surface area (Å²) in [7, 11) is 0. The van der Waals surface area contributed by atoms with Crippen molar-refractivity contribution in [1.29, 1.82) is 0 Å². The van der Waals surface area contributed by atoms with Crippen LogP contribution in [0.2, 0.25) is 0 Å². The summed E-state index contributed by atoms with van der Waals surface area (Å²) in [5.74, 6) is -0.0492. The monoisotopic (exact) mass is 173 g/mol. The highest BCUT2D eigenvalue weighted by atomic mass is 16.6. The molecule has 0 aromatic carbocycles. The van der Waals surface area contributed by atoms with E-state index in [9.17, 15) is 4.79 Å². The molecule has 0 aromatic rings. The Bertz CT molecular complexity index is 172. The van der Waals surface area contributed by atoms with E-state index in [-0.39, 0.29) is 18.1 Å². The fourth-order valence-electron chi connectivity index (χ4n) is 1.42. The molecule has 0 radical (unpaired) electrons. The lowest BCUT2D eigenvalue weighted by atomic mass is 10.0. The summed E-state index contributed by atoms with van der Waals surface area (Å²) in [6.07, 6.45) is 0.611. The van der Waals surface area contributed by atoms with Crippen molar-refractivity contribution in [3.63, 3.8) is 0 Å². The standard InChI is InChI=1S/C8H15NO3/c1-5-7(9-6(2)10)3-4-8(11)12-5/h5,7-8,11H,3-4H2,1-2H3,(H,9,10)/t5-,7+,8?/m1/s1. The molecule has 1 unspecified atom stereocenters. The minimum atomic E-state index is -0.662. The number of amides is 1. The molecule has 3 atom stereocenters. The first-order valence-corrected chi connectivity index (χ1v) is 4.20. The molecule has 12 heavy (non-hydrogen) atoms. The fraction of sp³-hybridized carbons (Fsp3) is 0.875. The summed E-state index contributed by atoms with van der Waals surface area (Å²) in [5.41, 5.74) is 0. The Kier molecular flexibility index (Phi) is 3.05. The van der Waals surface area contributed by atoms with Gasteiger partial charge >= 0.3 is 0 Å². The maximum Gasteiger partial charge on any atom is 0.217 e. The molecule has 0 bridgehead atoms. The normalized spacial score (nSPS) is 36.1.